The molecule has 0 heterocycles. The predicted octanol–water partition coefficient (Wildman–Crippen LogP) is 4.78. The molecule has 0 aliphatic rings. The third-order valence-electron chi connectivity index (χ3n) is 3.38. The molecule has 0 saturated heterocycles. The molecule has 3 heteroatoms. The summed E-state index contributed by atoms with van der Waals surface area (Å²) in [4.78, 5) is 2.23. The first-order valence-electron chi connectivity index (χ1n) is 7.17. The molecule has 0 bridgehead atoms. The summed E-state index contributed by atoms with van der Waals surface area (Å²) in [7, 11) is 0. The summed E-state index contributed by atoms with van der Waals surface area (Å²) < 4.78 is 13.3. The molecule has 1 nitrogen and oxygen atoms in total. The van der Waals surface area contributed by atoms with Crippen LogP contribution in [0.15, 0.2) is 52.3 Å². The Kier molecular flexibility index (Phi) is 5.07. The van der Waals surface area contributed by atoms with E-state index >= 15 is 0 Å². The van der Waals surface area contributed by atoms with E-state index in [-0.39, 0.29) is 11.2 Å². The van der Waals surface area contributed by atoms with Crippen molar-refractivity contribution >= 4 is 11.8 Å². The van der Waals surface area contributed by atoms with Crippen LogP contribution in [0.3, 0.4) is 0 Å². The van der Waals surface area contributed by atoms with Gasteiger partial charge in [0.15, 0.2) is 0 Å². The molecule has 0 atom stereocenters. The molecule has 21 heavy (non-hydrogen) atoms. The average Bonchev–Trinajstić information content (AvgIpc) is 2.42. The lowest BCUT2D eigenvalue weighted by atomic mass is 9.87. The van der Waals surface area contributed by atoms with E-state index in [9.17, 15) is 4.39 Å². The first kappa shape index (κ1) is 16.1. The van der Waals surface area contributed by atoms with Crippen molar-refractivity contribution in [2.75, 3.05) is 6.54 Å². The third-order valence-corrected chi connectivity index (χ3v) is 4.51. The van der Waals surface area contributed by atoms with Gasteiger partial charge in [-0.15, -0.1) is 0 Å². The molecule has 0 spiro atoms. The molecule has 0 aromatic heterocycles. The minimum Gasteiger partial charge on any atom is -0.330 e. The number of hydrogen-bond acceptors (Lipinski definition) is 2. The van der Waals surface area contributed by atoms with E-state index in [1.54, 1.807) is 17.8 Å². The van der Waals surface area contributed by atoms with Crippen LogP contribution in [0.1, 0.15) is 31.9 Å². The highest BCUT2D eigenvalue weighted by atomic mass is 32.2. The fourth-order valence-electron chi connectivity index (χ4n) is 2.15. The lowest BCUT2D eigenvalue weighted by Gasteiger charge is -2.19. The Labute approximate surface area is 130 Å². The fraction of sp³-hybridized carbons (Fsp3) is 0.333. The van der Waals surface area contributed by atoms with Crippen molar-refractivity contribution in [2.24, 2.45) is 5.73 Å². The second-order valence-corrected chi connectivity index (χ2v) is 7.28. The Bertz CT molecular complexity index is 600. The summed E-state index contributed by atoms with van der Waals surface area (Å²) in [5.41, 5.74) is 8.05. The Hall–Kier alpha value is -1.32. The second kappa shape index (κ2) is 6.63. The van der Waals surface area contributed by atoms with Gasteiger partial charge in [0.25, 0.3) is 0 Å². The number of hydrogen-bond donors (Lipinski definition) is 1. The second-order valence-electron chi connectivity index (χ2n) is 6.17. The summed E-state index contributed by atoms with van der Waals surface area (Å²) in [6.45, 7) is 7.14. The van der Waals surface area contributed by atoms with Gasteiger partial charge < -0.3 is 5.73 Å². The maximum Gasteiger partial charge on any atom is 0.123 e. The Morgan fingerprint density at radius 2 is 1.71 bits per heavy atom. The van der Waals surface area contributed by atoms with Crippen LogP contribution in [0.5, 0.6) is 0 Å². The van der Waals surface area contributed by atoms with Crippen LogP contribution >= 0.6 is 11.8 Å². The van der Waals surface area contributed by atoms with E-state index in [1.165, 1.54) is 11.6 Å². The minimum atomic E-state index is -0.203. The van der Waals surface area contributed by atoms with E-state index in [2.05, 4.69) is 45.0 Å². The van der Waals surface area contributed by atoms with Crippen LogP contribution < -0.4 is 5.73 Å². The van der Waals surface area contributed by atoms with Gasteiger partial charge in [-0.25, -0.2) is 4.39 Å². The van der Waals surface area contributed by atoms with Crippen molar-refractivity contribution in [1.29, 1.82) is 0 Å². The highest BCUT2D eigenvalue weighted by Gasteiger charge is 2.13. The smallest absolute Gasteiger partial charge is 0.123 e. The monoisotopic (exact) mass is 303 g/mol. The summed E-state index contributed by atoms with van der Waals surface area (Å²) in [5.74, 6) is -0.203. The molecule has 0 aliphatic heterocycles. The summed E-state index contributed by atoms with van der Waals surface area (Å²) in [6.07, 6.45) is 0.695. The van der Waals surface area contributed by atoms with Crippen LogP contribution in [0.2, 0.25) is 0 Å². The van der Waals surface area contributed by atoms with Gasteiger partial charge in [0, 0.05) is 9.79 Å². The molecule has 0 unspecified atom stereocenters. The van der Waals surface area contributed by atoms with Crippen molar-refractivity contribution < 1.29 is 4.39 Å². The molecule has 0 amide bonds. The van der Waals surface area contributed by atoms with Gasteiger partial charge in [-0.05, 0) is 59.8 Å². The van der Waals surface area contributed by atoms with Crippen LogP contribution in [0.4, 0.5) is 4.39 Å². The topological polar surface area (TPSA) is 26.0 Å². The molecular weight excluding hydrogens is 281 g/mol. The largest absolute Gasteiger partial charge is 0.330 e. The number of nitrogens with two attached hydrogens (primary N) is 1. The lowest BCUT2D eigenvalue weighted by Crippen LogP contribution is -2.10. The van der Waals surface area contributed by atoms with Gasteiger partial charge in [0.1, 0.15) is 5.82 Å². The molecule has 2 aromatic rings. The fourth-order valence-corrected chi connectivity index (χ4v) is 3.10. The van der Waals surface area contributed by atoms with Crippen molar-refractivity contribution in [3.63, 3.8) is 0 Å². The van der Waals surface area contributed by atoms with E-state index in [1.807, 2.05) is 6.07 Å². The van der Waals surface area contributed by atoms with Crippen molar-refractivity contribution in [3.8, 4) is 0 Å². The van der Waals surface area contributed by atoms with Crippen LogP contribution in [-0.2, 0) is 11.8 Å². The van der Waals surface area contributed by atoms with E-state index in [0.29, 0.717) is 13.0 Å². The maximum absolute atomic E-state index is 13.3. The number of benzene rings is 2. The van der Waals surface area contributed by atoms with Crippen molar-refractivity contribution in [2.45, 2.75) is 42.4 Å². The Morgan fingerprint density at radius 3 is 2.29 bits per heavy atom. The molecule has 112 valence electrons. The molecule has 0 radical (unpaired) electrons. The van der Waals surface area contributed by atoms with Crippen LogP contribution in [0.25, 0.3) is 0 Å². The minimum absolute atomic E-state index is 0.157. The zero-order valence-electron chi connectivity index (χ0n) is 12.8. The summed E-state index contributed by atoms with van der Waals surface area (Å²) in [6, 6.07) is 13.5. The number of halogens is 1. The van der Waals surface area contributed by atoms with E-state index < -0.39 is 0 Å². The van der Waals surface area contributed by atoms with Crippen LogP contribution in [0, 0.1) is 5.82 Å². The van der Waals surface area contributed by atoms with Gasteiger partial charge in [-0.1, -0.05) is 44.7 Å². The first-order valence-corrected chi connectivity index (χ1v) is 7.98. The number of rotatable bonds is 4. The van der Waals surface area contributed by atoms with Gasteiger partial charge in [-0.3, -0.25) is 0 Å². The zero-order chi connectivity index (χ0) is 15.5. The van der Waals surface area contributed by atoms with Gasteiger partial charge in [0.2, 0.25) is 0 Å². The molecule has 2 aromatic carbocycles. The average molecular weight is 303 g/mol. The first-order chi connectivity index (χ1) is 9.90. The van der Waals surface area contributed by atoms with Crippen LogP contribution in [-0.4, -0.2) is 6.54 Å². The van der Waals surface area contributed by atoms with Crippen molar-refractivity contribution in [1.82, 2.24) is 0 Å². The normalized spacial score (nSPS) is 11.7. The molecule has 0 aliphatic carbocycles. The van der Waals surface area contributed by atoms with Crippen molar-refractivity contribution in [3.05, 3.63) is 59.4 Å². The Balaban J connectivity index is 2.22. The molecular formula is C18H22FNS. The zero-order valence-corrected chi connectivity index (χ0v) is 13.6. The predicted molar refractivity (Wildman–Crippen MR) is 88.4 cm³/mol. The highest BCUT2D eigenvalue weighted by Crippen LogP contribution is 2.32. The van der Waals surface area contributed by atoms with E-state index in [0.717, 1.165) is 15.4 Å². The lowest BCUT2D eigenvalue weighted by molar-refractivity contribution is 0.590. The van der Waals surface area contributed by atoms with Gasteiger partial charge in [0.05, 0.1) is 0 Å². The third kappa shape index (κ3) is 4.32. The molecule has 2 rings (SSSR count). The summed E-state index contributed by atoms with van der Waals surface area (Å²) >= 11 is 1.66. The molecule has 0 fully saturated rings. The van der Waals surface area contributed by atoms with Gasteiger partial charge >= 0.3 is 0 Å². The quantitative estimate of drug-likeness (QED) is 0.880. The molecule has 0 saturated carbocycles. The SMILES string of the molecule is CC(C)(C)c1ccc(Sc2ccc(F)cc2CCN)cc1. The highest BCUT2D eigenvalue weighted by molar-refractivity contribution is 7.99. The standard InChI is InChI=1S/C18H22FNS/c1-18(2,3)14-4-7-16(8-5-14)21-17-9-6-15(19)12-13(17)10-11-20/h4-9,12H,10-11,20H2,1-3H3. The Morgan fingerprint density at radius 1 is 1.05 bits per heavy atom. The van der Waals surface area contributed by atoms with E-state index in [4.69, 9.17) is 5.73 Å². The van der Waals surface area contributed by atoms with Gasteiger partial charge in [-0.2, -0.15) is 0 Å². The molecule has 2 N–H and O–H groups in total. The maximum atomic E-state index is 13.3. The summed E-state index contributed by atoms with van der Waals surface area (Å²) in [5, 5.41) is 0.